The van der Waals surface area contributed by atoms with E-state index in [0.29, 0.717) is 12.2 Å². The molecule has 0 unspecified atom stereocenters. The molecule has 0 amide bonds. The van der Waals surface area contributed by atoms with Crippen molar-refractivity contribution in [2.45, 2.75) is 13.5 Å². The van der Waals surface area contributed by atoms with Gasteiger partial charge in [-0.3, -0.25) is 14.3 Å². The average molecular weight is 222 g/mol. The van der Waals surface area contributed by atoms with Crippen molar-refractivity contribution in [3.63, 3.8) is 0 Å². The molecule has 0 aromatic carbocycles. The molecule has 0 aliphatic rings. The number of aromatic amines is 1. The standard InChI is InChI=1S/C10H10N2O2S/c1-2-12-8(7-3-4-15-6-7)5-9(13)11-10(12)14/h3-6H,2H2,1H3,(H,11,13,14). The summed E-state index contributed by atoms with van der Waals surface area (Å²) in [7, 11) is 0. The number of aromatic nitrogens is 2. The third kappa shape index (κ3) is 1.78. The van der Waals surface area contributed by atoms with Gasteiger partial charge in [-0.1, -0.05) is 0 Å². The summed E-state index contributed by atoms with van der Waals surface area (Å²) in [6.45, 7) is 2.41. The molecule has 0 aliphatic heterocycles. The molecule has 78 valence electrons. The van der Waals surface area contributed by atoms with Crippen LogP contribution in [0, 0.1) is 0 Å². The summed E-state index contributed by atoms with van der Waals surface area (Å²) < 4.78 is 1.55. The number of thiophene rings is 1. The Bertz CT molecular complexity index is 566. The zero-order chi connectivity index (χ0) is 10.8. The van der Waals surface area contributed by atoms with Gasteiger partial charge in [-0.15, -0.1) is 0 Å². The topological polar surface area (TPSA) is 54.9 Å². The van der Waals surface area contributed by atoms with E-state index >= 15 is 0 Å². The first-order valence-electron chi connectivity index (χ1n) is 4.59. The minimum absolute atomic E-state index is 0.355. The van der Waals surface area contributed by atoms with E-state index in [1.54, 1.807) is 4.57 Å². The fourth-order valence-electron chi connectivity index (χ4n) is 1.48. The minimum Gasteiger partial charge on any atom is -0.294 e. The fraction of sp³-hybridized carbons (Fsp3) is 0.200. The van der Waals surface area contributed by atoms with Gasteiger partial charge in [0.2, 0.25) is 0 Å². The third-order valence-electron chi connectivity index (χ3n) is 2.17. The highest BCUT2D eigenvalue weighted by Gasteiger charge is 2.06. The highest BCUT2D eigenvalue weighted by molar-refractivity contribution is 7.08. The Morgan fingerprint density at radius 2 is 2.27 bits per heavy atom. The lowest BCUT2D eigenvalue weighted by Crippen LogP contribution is -2.30. The Hall–Kier alpha value is -1.62. The molecule has 15 heavy (non-hydrogen) atoms. The van der Waals surface area contributed by atoms with Crippen LogP contribution in [0.15, 0.2) is 32.5 Å². The van der Waals surface area contributed by atoms with Crippen molar-refractivity contribution in [1.82, 2.24) is 9.55 Å². The minimum atomic E-state index is -0.356. The number of H-pyrrole nitrogens is 1. The molecular formula is C10H10N2O2S. The third-order valence-corrected chi connectivity index (χ3v) is 2.85. The molecule has 4 nitrogen and oxygen atoms in total. The van der Waals surface area contributed by atoms with E-state index in [1.807, 2.05) is 23.8 Å². The molecule has 0 saturated carbocycles. The molecule has 0 bridgehead atoms. The first-order valence-corrected chi connectivity index (χ1v) is 5.53. The maximum absolute atomic E-state index is 11.5. The van der Waals surface area contributed by atoms with Gasteiger partial charge in [0.15, 0.2) is 0 Å². The van der Waals surface area contributed by atoms with Crippen molar-refractivity contribution in [1.29, 1.82) is 0 Å². The van der Waals surface area contributed by atoms with Gasteiger partial charge in [0.05, 0.1) is 5.69 Å². The molecular weight excluding hydrogens is 212 g/mol. The molecule has 0 spiro atoms. The Kier molecular flexibility index (Phi) is 2.55. The average Bonchev–Trinajstić information content (AvgIpc) is 2.69. The van der Waals surface area contributed by atoms with Crippen molar-refractivity contribution in [3.05, 3.63) is 43.7 Å². The summed E-state index contributed by atoms with van der Waals surface area (Å²) in [5, 5.41) is 3.83. The molecule has 5 heteroatoms. The summed E-state index contributed by atoms with van der Waals surface area (Å²) >= 11 is 1.54. The van der Waals surface area contributed by atoms with Gasteiger partial charge in [-0.05, 0) is 18.4 Å². The largest absolute Gasteiger partial charge is 0.328 e. The summed E-state index contributed by atoms with van der Waals surface area (Å²) in [6, 6.07) is 3.35. The molecule has 0 fully saturated rings. The van der Waals surface area contributed by atoms with Crippen LogP contribution in [0.3, 0.4) is 0 Å². The lowest BCUT2D eigenvalue weighted by molar-refractivity contribution is 0.702. The fourth-order valence-corrected chi connectivity index (χ4v) is 2.13. The summed E-state index contributed by atoms with van der Waals surface area (Å²) in [5.74, 6) is 0. The van der Waals surface area contributed by atoms with E-state index in [9.17, 15) is 9.59 Å². The first kappa shape index (κ1) is 9.92. The second kappa shape index (κ2) is 3.86. The summed E-state index contributed by atoms with van der Waals surface area (Å²) in [4.78, 5) is 25.0. The van der Waals surface area contributed by atoms with Crippen LogP contribution in [0.1, 0.15) is 6.92 Å². The maximum Gasteiger partial charge on any atom is 0.328 e. The van der Waals surface area contributed by atoms with Crippen LogP contribution >= 0.6 is 11.3 Å². The van der Waals surface area contributed by atoms with Crippen LogP contribution in [0.2, 0.25) is 0 Å². The van der Waals surface area contributed by atoms with Gasteiger partial charge in [0, 0.05) is 23.6 Å². The van der Waals surface area contributed by atoms with Gasteiger partial charge in [0.25, 0.3) is 5.56 Å². The highest BCUT2D eigenvalue weighted by atomic mass is 32.1. The van der Waals surface area contributed by atoms with E-state index in [2.05, 4.69) is 4.98 Å². The molecule has 1 N–H and O–H groups in total. The van der Waals surface area contributed by atoms with E-state index < -0.39 is 0 Å². The van der Waals surface area contributed by atoms with Crippen molar-refractivity contribution in [2.75, 3.05) is 0 Å². The molecule has 0 saturated heterocycles. The summed E-state index contributed by atoms with van der Waals surface area (Å²) in [6.07, 6.45) is 0. The SMILES string of the molecule is CCn1c(-c2ccsc2)cc(=O)[nH]c1=O. The van der Waals surface area contributed by atoms with Crippen molar-refractivity contribution in [2.24, 2.45) is 0 Å². The summed E-state index contributed by atoms with van der Waals surface area (Å²) in [5.41, 5.74) is 0.870. The molecule has 2 heterocycles. The van der Waals surface area contributed by atoms with Gasteiger partial charge in [-0.25, -0.2) is 4.79 Å². The van der Waals surface area contributed by atoms with Crippen LogP contribution in [0.5, 0.6) is 0 Å². The quantitative estimate of drug-likeness (QED) is 0.832. The molecule has 0 radical (unpaired) electrons. The molecule has 0 aliphatic carbocycles. The van der Waals surface area contributed by atoms with Crippen molar-refractivity contribution < 1.29 is 0 Å². The van der Waals surface area contributed by atoms with Gasteiger partial charge >= 0.3 is 5.69 Å². The predicted molar refractivity (Wildman–Crippen MR) is 60.3 cm³/mol. The zero-order valence-corrected chi connectivity index (χ0v) is 9.00. The van der Waals surface area contributed by atoms with Gasteiger partial charge in [-0.2, -0.15) is 11.3 Å². The lowest BCUT2D eigenvalue weighted by Gasteiger charge is -2.07. The molecule has 2 aromatic rings. The maximum atomic E-state index is 11.5. The number of rotatable bonds is 2. The Labute approximate surface area is 89.8 Å². The van der Waals surface area contributed by atoms with Crippen LogP contribution in [-0.2, 0) is 6.54 Å². The van der Waals surface area contributed by atoms with E-state index in [4.69, 9.17) is 0 Å². The van der Waals surface area contributed by atoms with Crippen LogP contribution in [0.4, 0.5) is 0 Å². The van der Waals surface area contributed by atoms with Crippen LogP contribution < -0.4 is 11.2 Å². The van der Waals surface area contributed by atoms with Gasteiger partial charge < -0.3 is 0 Å². The van der Waals surface area contributed by atoms with E-state index in [1.165, 1.54) is 17.4 Å². The molecule has 2 rings (SSSR count). The Morgan fingerprint density at radius 3 is 2.87 bits per heavy atom. The van der Waals surface area contributed by atoms with E-state index in [0.717, 1.165) is 5.56 Å². The van der Waals surface area contributed by atoms with E-state index in [-0.39, 0.29) is 11.2 Å². The second-order valence-electron chi connectivity index (χ2n) is 3.08. The molecule has 0 atom stereocenters. The number of nitrogens with zero attached hydrogens (tertiary/aromatic N) is 1. The van der Waals surface area contributed by atoms with Crippen LogP contribution in [-0.4, -0.2) is 9.55 Å². The highest BCUT2D eigenvalue weighted by Crippen LogP contribution is 2.19. The first-order chi connectivity index (χ1) is 7.22. The molecule has 2 aromatic heterocycles. The predicted octanol–water partition coefficient (Wildman–Crippen LogP) is 1.28. The van der Waals surface area contributed by atoms with Crippen molar-refractivity contribution >= 4 is 11.3 Å². The Balaban J connectivity index is 2.75. The zero-order valence-electron chi connectivity index (χ0n) is 8.19. The van der Waals surface area contributed by atoms with Crippen LogP contribution in [0.25, 0.3) is 11.3 Å². The second-order valence-corrected chi connectivity index (χ2v) is 3.86. The number of hydrogen-bond acceptors (Lipinski definition) is 3. The monoisotopic (exact) mass is 222 g/mol. The van der Waals surface area contributed by atoms with Crippen molar-refractivity contribution in [3.8, 4) is 11.3 Å². The van der Waals surface area contributed by atoms with Gasteiger partial charge in [0.1, 0.15) is 0 Å². The normalized spacial score (nSPS) is 10.5. The number of hydrogen-bond donors (Lipinski definition) is 1. The lowest BCUT2D eigenvalue weighted by atomic mass is 10.2. The smallest absolute Gasteiger partial charge is 0.294 e. The Morgan fingerprint density at radius 1 is 1.47 bits per heavy atom. The number of nitrogens with one attached hydrogen (secondary N) is 1.